The Bertz CT molecular complexity index is 1380. The summed E-state index contributed by atoms with van der Waals surface area (Å²) in [5.74, 6) is -1.90. The van der Waals surface area contributed by atoms with E-state index in [2.05, 4.69) is 22.6 Å². The molecule has 0 aromatic heterocycles. The molecule has 2 N–H and O–H groups in total. The molecule has 0 spiro atoms. The van der Waals surface area contributed by atoms with Gasteiger partial charge in [0.1, 0.15) is 11.8 Å². The van der Waals surface area contributed by atoms with Crippen molar-refractivity contribution in [3.8, 4) is 5.75 Å². The number of hydrogen-bond donors (Lipinski definition) is 2. The van der Waals surface area contributed by atoms with Gasteiger partial charge in [-0.1, -0.05) is 41.4 Å². The van der Waals surface area contributed by atoms with Crippen LogP contribution in [0.2, 0.25) is 10.0 Å². The van der Waals surface area contributed by atoms with Crippen LogP contribution < -0.4 is 4.90 Å². The van der Waals surface area contributed by atoms with Gasteiger partial charge in [-0.15, -0.1) is 0 Å². The first-order chi connectivity index (χ1) is 18.1. The number of aromatic hydroxyl groups is 1. The Balaban J connectivity index is 1.89. The van der Waals surface area contributed by atoms with Crippen molar-refractivity contribution in [2.75, 3.05) is 11.4 Å². The number of carboxylic acids is 1. The molecule has 4 rings (SSSR count). The molecule has 7 nitrogen and oxygen atoms in total. The minimum Gasteiger partial charge on any atom is -0.508 e. The fourth-order valence-electron chi connectivity index (χ4n) is 4.67. The molecule has 1 aliphatic rings. The van der Waals surface area contributed by atoms with Crippen LogP contribution in [0.5, 0.6) is 5.75 Å². The van der Waals surface area contributed by atoms with Gasteiger partial charge >= 0.3 is 5.97 Å². The van der Waals surface area contributed by atoms with Crippen molar-refractivity contribution in [1.82, 2.24) is 4.90 Å². The predicted molar refractivity (Wildman–Crippen MR) is 155 cm³/mol. The lowest BCUT2D eigenvalue weighted by Gasteiger charge is -2.36. The molecule has 2 amide bonds. The first-order valence-corrected chi connectivity index (χ1v) is 13.8. The normalized spacial score (nSPS) is 16.3. The summed E-state index contributed by atoms with van der Waals surface area (Å²) in [6.45, 7) is 2.03. The molecular formula is C28H25Cl2IN2O5. The van der Waals surface area contributed by atoms with Crippen molar-refractivity contribution in [1.29, 1.82) is 0 Å². The number of benzene rings is 3. The number of hydrogen-bond acceptors (Lipinski definition) is 4. The van der Waals surface area contributed by atoms with Crippen molar-refractivity contribution in [2.45, 2.75) is 38.3 Å². The van der Waals surface area contributed by atoms with E-state index in [4.69, 9.17) is 28.3 Å². The van der Waals surface area contributed by atoms with Gasteiger partial charge in [-0.05, 0) is 90.4 Å². The van der Waals surface area contributed by atoms with Crippen LogP contribution >= 0.6 is 45.8 Å². The molecule has 10 heteroatoms. The standard InChI is InChI=1S/C28H25Cl2IN2O5/c1-16(17-5-7-18(29)8-6-17)33-26(21-11-9-19(30)14-24(21)34)28(38)32(13-3-2-4-25(35)36)23-12-10-20(31)15-22(23)27(33)37/h5-12,14-16,26,34H,2-4,13H2,1H3,(H,35,36). The average Bonchev–Trinajstić information content (AvgIpc) is 2.95. The zero-order valence-electron chi connectivity index (χ0n) is 20.4. The van der Waals surface area contributed by atoms with Crippen LogP contribution in [0.1, 0.15) is 59.8 Å². The second kappa shape index (κ2) is 11.9. The maximum atomic E-state index is 14.4. The first-order valence-electron chi connectivity index (χ1n) is 12.0. The van der Waals surface area contributed by atoms with Gasteiger partial charge < -0.3 is 20.0 Å². The fourth-order valence-corrected chi connectivity index (χ4v) is 5.45. The number of phenols is 1. The van der Waals surface area contributed by atoms with Gasteiger partial charge in [-0.3, -0.25) is 14.4 Å². The number of carbonyl (C=O) groups excluding carboxylic acids is 2. The van der Waals surface area contributed by atoms with Gasteiger partial charge in [0.2, 0.25) is 0 Å². The third kappa shape index (κ3) is 5.92. The van der Waals surface area contributed by atoms with Crippen LogP contribution in [0.4, 0.5) is 5.69 Å². The summed E-state index contributed by atoms with van der Waals surface area (Å²) in [4.78, 5) is 42.7. The molecule has 0 radical (unpaired) electrons. The van der Waals surface area contributed by atoms with E-state index >= 15 is 0 Å². The second-order valence-electron chi connectivity index (χ2n) is 9.05. The van der Waals surface area contributed by atoms with E-state index < -0.39 is 24.0 Å². The first kappa shape index (κ1) is 28.2. The number of amides is 2. The maximum absolute atomic E-state index is 14.4. The summed E-state index contributed by atoms with van der Waals surface area (Å²) < 4.78 is 0.819. The SMILES string of the molecule is CC(c1ccc(Cl)cc1)N1C(=O)c2cc(I)ccc2N(CCCCC(=O)O)C(=O)C1c1ccc(Cl)cc1O. The summed E-state index contributed by atoms with van der Waals surface area (Å²) in [7, 11) is 0. The molecule has 0 aliphatic carbocycles. The minimum absolute atomic E-state index is 0.0262. The van der Waals surface area contributed by atoms with E-state index in [-0.39, 0.29) is 30.2 Å². The number of rotatable bonds is 8. The highest BCUT2D eigenvalue weighted by Gasteiger charge is 2.43. The molecule has 0 saturated carbocycles. The molecule has 1 aliphatic heterocycles. The van der Waals surface area contributed by atoms with Gasteiger partial charge in [0.05, 0.1) is 17.3 Å². The van der Waals surface area contributed by atoms with Crippen LogP contribution in [0, 0.1) is 3.57 Å². The van der Waals surface area contributed by atoms with E-state index in [9.17, 15) is 19.5 Å². The summed E-state index contributed by atoms with van der Waals surface area (Å²) in [6, 6.07) is 15.1. The third-order valence-corrected chi connectivity index (χ3v) is 7.73. The Hall–Kier alpha value is -2.82. The molecular weight excluding hydrogens is 642 g/mol. The number of carbonyl (C=O) groups is 3. The second-order valence-corrected chi connectivity index (χ2v) is 11.2. The molecule has 3 aromatic carbocycles. The van der Waals surface area contributed by atoms with Crippen molar-refractivity contribution >= 4 is 69.3 Å². The number of fused-ring (bicyclic) bond motifs is 1. The number of unbranched alkanes of at least 4 members (excludes halogenated alkanes) is 1. The Morgan fingerprint density at radius 1 is 1.00 bits per heavy atom. The van der Waals surface area contributed by atoms with Crippen molar-refractivity contribution in [2.24, 2.45) is 0 Å². The smallest absolute Gasteiger partial charge is 0.303 e. The van der Waals surface area contributed by atoms with Crippen LogP contribution in [-0.4, -0.2) is 39.4 Å². The fraction of sp³-hybridized carbons (Fsp3) is 0.250. The largest absolute Gasteiger partial charge is 0.508 e. The summed E-state index contributed by atoms with van der Waals surface area (Å²) in [6.07, 6.45) is 0.764. The molecule has 3 aromatic rings. The van der Waals surface area contributed by atoms with Crippen LogP contribution in [-0.2, 0) is 9.59 Å². The van der Waals surface area contributed by atoms with Crippen LogP contribution in [0.15, 0.2) is 60.7 Å². The quantitative estimate of drug-likeness (QED) is 0.202. The summed E-state index contributed by atoms with van der Waals surface area (Å²) in [5, 5.41) is 20.8. The highest BCUT2D eigenvalue weighted by molar-refractivity contribution is 14.1. The van der Waals surface area contributed by atoms with Crippen molar-refractivity contribution < 1.29 is 24.6 Å². The minimum atomic E-state index is -1.17. The average molecular weight is 667 g/mol. The number of phenolic OH excluding ortho intramolecular Hbond substituents is 1. The van der Waals surface area contributed by atoms with Crippen LogP contribution in [0.25, 0.3) is 0 Å². The van der Waals surface area contributed by atoms with Crippen LogP contribution in [0.3, 0.4) is 0 Å². The number of nitrogens with zero attached hydrogens (tertiary/aromatic N) is 2. The number of aliphatic carboxylic acids is 1. The van der Waals surface area contributed by atoms with E-state index in [1.807, 2.05) is 13.0 Å². The van der Waals surface area contributed by atoms with E-state index in [0.29, 0.717) is 34.1 Å². The molecule has 0 saturated heterocycles. The Morgan fingerprint density at radius 2 is 1.68 bits per heavy atom. The lowest BCUT2D eigenvalue weighted by Crippen LogP contribution is -2.44. The molecule has 0 fully saturated rings. The third-order valence-electron chi connectivity index (χ3n) is 6.57. The molecule has 2 unspecified atom stereocenters. The topological polar surface area (TPSA) is 98.2 Å². The molecule has 198 valence electrons. The van der Waals surface area contributed by atoms with Gasteiger partial charge in [0, 0.05) is 32.1 Å². The monoisotopic (exact) mass is 666 g/mol. The zero-order chi connectivity index (χ0) is 27.6. The van der Waals surface area contributed by atoms with Gasteiger partial charge in [0.15, 0.2) is 0 Å². The summed E-state index contributed by atoms with van der Waals surface area (Å²) >= 11 is 14.3. The van der Waals surface area contributed by atoms with Crippen molar-refractivity contribution in [3.05, 3.63) is 91.0 Å². The van der Waals surface area contributed by atoms with Gasteiger partial charge in [-0.25, -0.2) is 0 Å². The molecule has 38 heavy (non-hydrogen) atoms. The predicted octanol–water partition coefficient (Wildman–Crippen LogP) is 6.85. The van der Waals surface area contributed by atoms with E-state index in [1.54, 1.807) is 48.5 Å². The number of anilines is 1. The zero-order valence-corrected chi connectivity index (χ0v) is 24.1. The number of carboxylic acid groups (broad SMARTS) is 1. The molecule has 2 atom stereocenters. The Kier molecular flexibility index (Phi) is 8.85. The molecule has 0 bridgehead atoms. The highest BCUT2D eigenvalue weighted by atomic mass is 127. The Morgan fingerprint density at radius 3 is 2.34 bits per heavy atom. The van der Waals surface area contributed by atoms with E-state index in [0.717, 1.165) is 9.13 Å². The molecule has 1 heterocycles. The van der Waals surface area contributed by atoms with E-state index in [1.165, 1.54) is 15.9 Å². The van der Waals surface area contributed by atoms with Gasteiger partial charge in [-0.2, -0.15) is 0 Å². The Labute approximate surface area is 244 Å². The maximum Gasteiger partial charge on any atom is 0.303 e. The lowest BCUT2D eigenvalue weighted by atomic mass is 9.98. The van der Waals surface area contributed by atoms with Crippen molar-refractivity contribution in [3.63, 3.8) is 0 Å². The number of halogens is 3. The summed E-state index contributed by atoms with van der Waals surface area (Å²) in [5.41, 5.74) is 1.79. The van der Waals surface area contributed by atoms with Gasteiger partial charge in [0.25, 0.3) is 11.8 Å². The highest BCUT2D eigenvalue weighted by Crippen LogP contribution is 2.43. The lowest BCUT2D eigenvalue weighted by molar-refractivity contribution is -0.137.